The van der Waals surface area contributed by atoms with Gasteiger partial charge in [-0.1, -0.05) is 0 Å². The van der Waals surface area contributed by atoms with E-state index in [1.54, 1.807) is 0 Å². The highest BCUT2D eigenvalue weighted by atomic mass is 19.3. The van der Waals surface area contributed by atoms with Crippen LogP contribution >= 0.6 is 0 Å². The Bertz CT molecular complexity index is 430. The number of nitrogens with zero attached hydrogens (tertiary/aromatic N) is 3. The Balaban J connectivity index is 2.98. The molecule has 1 heterocycles. The summed E-state index contributed by atoms with van der Waals surface area (Å²) in [4.78, 5) is 14.6. The lowest BCUT2D eigenvalue weighted by Gasteiger charge is -2.22. The molecule has 3 N–H and O–H groups in total. The number of nitro groups is 1. The predicted molar refractivity (Wildman–Crippen MR) is 60.6 cm³/mol. The monoisotopic (exact) mass is 262 g/mol. The van der Waals surface area contributed by atoms with Crippen LogP contribution in [0.5, 0.6) is 0 Å². The van der Waals surface area contributed by atoms with Gasteiger partial charge in [-0.3, -0.25) is 10.1 Å². The molecule has 0 aliphatic heterocycles. The zero-order valence-electron chi connectivity index (χ0n) is 9.29. The van der Waals surface area contributed by atoms with E-state index in [0.717, 1.165) is 11.0 Å². The van der Waals surface area contributed by atoms with Crippen LogP contribution in [0.4, 0.5) is 26.1 Å². The first-order valence-electron chi connectivity index (χ1n) is 5.00. The van der Waals surface area contributed by atoms with E-state index in [-0.39, 0.29) is 30.5 Å². The summed E-state index contributed by atoms with van der Waals surface area (Å²) in [6.07, 6.45) is -2.62. The zero-order valence-corrected chi connectivity index (χ0v) is 9.29. The first-order valence-corrected chi connectivity index (χ1v) is 5.00. The van der Waals surface area contributed by atoms with Crippen molar-refractivity contribution in [2.45, 2.75) is 6.43 Å². The molecule has 0 radical (unpaired) electrons. The van der Waals surface area contributed by atoms with E-state index in [1.165, 1.54) is 6.07 Å². The molecule has 0 aliphatic rings. The van der Waals surface area contributed by atoms with E-state index in [1.807, 2.05) is 0 Å². The minimum absolute atomic E-state index is 0.0609. The Morgan fingerprint density at radius 2 is 2.22 bits per heavy atom. The second kappa shape index (κ2) is 6.05. The largest absolute Gasteiger partial charge is 0.395 e. The first-order chi connectivity index (χ1) is 8.45. The standard InChI is InChI=1S/C9H12F2N4O3/c10-7(11)5-14(3-4-16)8-2-1-6(15(17)18)9(12)13-8/h1-2,7,16H,3-5H2,(H2,12,13). The Morgan fingerprint density at radius 3 is 2.67 bits per heavy atom. The van der Waals surface area contributed by atoms with Crippen LogP contribution in [0.2, 0.25) is 0 Å². The number of halogens is 2. The van der Waals surface area contributed by atoms with Crippen molar-refractivity contribution in [3.05, 3.63) is 22.2 Å². The van der Waals surface area contributed by atoms with Crippen LogP contribution in [0, 0.1) is 10.1 Å². The summed E-state index contributed by atoms with van der Waals surface area (Å²) in [6.45, 7) is -1.04. The second-order valence-electron chi connectivity index (χ2n) is 3.39. The minimum atomic E-state index is -2.62. The van der Waals surface area contributed by atoms with Crippen molar-refractivity contribution >= 4 is 17.3 Å². The number of alkyl halides is 2. The molecule has 7 nitrogen and oxygen atoms in total. The fourth-order valence-electron chi connectivity index (χ4n) is 1.37. The third-order valence-corrected chi connectivity index (χ3v) is 2.14. The van der Waals surface area contributed by atoms with E-state index in [9.17, 15) is 18.9 Å². The van der Waals surface area contributed by atoms with Gasteiger partial charge >= 0.3 is 5.69 Å². The number of rotatable bonds is 6. The number of aliphatic hydroxyl groups is 1. The van der Waals surface area contributed by atoms with Gasteiger partial charge in [-0.25, -0.2) is 13.8 Å². The van der Waals surface area contributed by atoms with Crippen molar-refractivity contribution in [1.29, 1.82) is 0 Å². The lowest BCUT2D eigenvalue weighted by atomic mass is 10.3. The van der Waals surface area contributed by atoms with Crippen molar-refractivity contribution in [1.82, 2.24) is 4.98 Å². The third-order valence-electron chi connectivity index (χ3n) is 2.14. The Kier molecular flexibility index (Phi) is 4.72. The maximum atomic E-state index is 12.3. The quantitative estimate of drug-likeness (QED) is 0.575. The highest BCUT2D eigenvalue weighted by Gasteiger charge is 2.18. The number of nitrogens with two attached hydrogens (primary N) is 1. The maximum absolute atomic E-state index is 12.3. The second-order valence-corrected chi connectivity index (χ2v) is 3.39. The molecular formula is C9H12F2N4O3. The molecule has 0 saturated carbocycles. The van der Waals surface area contributed by atoms with Crippen LogP contribution in [-0.2, 0) is 0 Å². The topological polar surface area (TPSA) is 106 Å². The lowest BCUT2D eigenvalue weighted by Crippen LogP contribution is -2.32. The molecular weight excluding hydrogens is 250 g/mol. The Labute approximate surface area is 101 Å². The van der Waals surface area contributed by atoms with E-state index in [0.29, 0.717) is 0 Å². The van der Waals surface area contributed by atoms with Crippen LogP contribution in [0.1, 0.15) is 0 Å². The molecule has 0 aromatic carbocycles. The fourth-order valence-corrected chi connectivity index (χ4v) is 1.37. The van der Waals surface area contributed by atoms with E-state index in [4.69, 9.17) is 10.8 Å². The first kappa shape index (κ1) is 14.0. The Morgan fingerprint density at radius 1 is 1.56 bits per heavy atom. The van der Waals surface area contributed by atoms with Gasteiger partial charge in [0.1, 0.15) is 5.82 Å². The molecule has 9 heteroatoms. The highest BCUT2D eigenvalue weighted by Crippen LogP contribution is 2.23. The number of aliphatic hydroxyl groups excluding tert-OH is 1. The zero-order chi connectivity index (χ0) is 13.7. The molecule has 100 valence electrons. The Hall–Kier alpha value is -2.03. The van der Waals surface area contributed by atoms with Gasteiger partial charge in [0.05, 0.1) is 18.1 Å². The van der Waals surface area contributed by atoms with Crippen LogP contribution < -0.4 is 10.6 Å². The molecule has 1 rings (SSSR count). The summed E-state index contributed by atoms with van der Waals surface area (Å²) in [6, 6.07) is 2.31. The van der Waals surface area contributed by atoms with Crippen LogP contribution in [0.15, 0.2) is 12.1 Å². The van der Waals surface area contributed by atoms with Crippen molar-refractivity contribution in [3.8, 4) is 0 Å². The van der Waals surface area contributed by atoms with Crippen LogP contribution in [0.25, 0.3) is 0 Å². The summed E-state index contributed by atoms with van der Waals surface area (Å²) in [5, 5.41) is 19.3. The summed E-state index contributed by atoms with van der Waals surface area (Å²) < 4.78 is 24.6. The van der Waals surface area contributed by atoms with Gasteiger partial charge in [-0.2, -0.15) is 0 Å². The number of pyridine rings is 1. The number of hydrogen-bond acceptors (Lipinski definition) is 6. The number of aromatic nitrogens is 1. The molecule has 0 unspecified atom stereocenters. The summed E-state index contributed by atoms with van der Waals surface area (Å²) >= 11 is 0. The van der Waals surface area contributed by atoms with Gasteiger partial charge in [0.25, 0.3) is 6.43 Å². The molecule has 0 fully saturated rings. The summed E-state index contributed by atoms with van der Waals surface area (Å²) in [5.74, 6) is -0.290. The summed E-state index contributed by atoms with van der Waals surface area (Å²) in [5.41, 5.74) is 4.97. The lowest BCUT2D eigenvalue weighted by molar-refractivity contribution is -0.384. The highest BCUT2D eigenvalue weighted by molar-refractivity contribution is 5.58. The van der Waals surface area contributed by atoms with Crippen LogP contribution in [-0.4, -0.2) is 41.1 Å². The average Bonchev–Trinajstić information content (AvgIpc) is 2.27. The minimum Gasteiger partial charge on any atom is -0.395 e. The van der Waals surface area contributed by atoms with Crippen molar-refractivity contribution in [2.75, 3.05) is 30.3 Å². The van der Waals surface area contributed by atoms with E-state index in [2.05, 4.69) is 4.98 Å². The van der Waals surface area contributed by atoms with E-state index < -0.39 is 17.9 Å². The third kappa shape index (κ3) is 3.48. The van der Waals surface area contributed by atoms with E-state index >= 15 is 0 Å². The fraction of sp³-hybridized carbons (Fsp3) is 0.444. The number of nitrogen functional groups attached to an aromatic ring is 1. The molecule has 18 heavy (non-hydrogen) atoms. The SMILES string of the molecule is Nc1nc(N(CCO)CC(F)F)ccc1[N+](=O)[O-]. The van der Waals surface area contributed by atoms with Gasteiger partial charge in [0, 0.05) is 12.6 Å². The molecule has 0 amide bonds. The van der Waals surface area contributed by atoms with Crippen molar-refractivity contribution in [3.63, 3.8) is 0 Å². The van der Waals surface area contributed by atoms with Crippen molar-refractivity contribution in [2.24, 2.45) is 0 Å². The predicted octanol–water partition coefficient (Wildman–Crippen LogP) is 0.636. The normalized spacial score (nSPS) is 10.7. The molecule has 0 atom stereocenters. The van der Waals surface area contributed by atoms with Gasteiger partial charge in [-0.15, -0.1) is 0 Å². The average molecular weight is 262 g/mol. The molecule has 1 aromatic rings. The number of hydrogen-bond donors (Lipinski definition) is 2. The molecule has 0 saturated heterocycles. The van der Waals surface area contributed by atoms with Gasteiger partial charge in [0.2, 0.25) is 5.82 Å². The van der Waals surface area contributed by atoms with Gasteiger partial charge in [0.15, 0.2) is 0 Å². The van der Waals surface area contributed by atoms with Crippen molar-refractivity contribution < 1.29 is 18.8 Å². The molecule has 0 spiro atoms. The molecule has 0 aliphatic carbocycles. The maximum Gasteiger partial charge on any atom is 0.311 e. The summed E-state index contributed by atoms with van der Waals surface area (Å²) in [7, 11) is 0. The molecule has 0 bridgehead atoms. The number of anilines is 2. The van der Waals surface area contributed by atoms with Gasteiger partial charge in [-0.05, 0) is 6.07 Å². The van der Waals surface area contributed by atoms with Gasteiger partial charge < -0.3 is 15.7 Å². The van der Waals surface area contributed by atoms with Crippen LogP contribution in [0.3, 0.4) is 0 Å². The smallest absolute Gasteiger partial charge is 0.311 e. The molecule has 1 aromatic heterocycles.